The van der Waals surface area contributed by atoms with Gasteiger partial charge in [0.25, 0.3) is 0 Å². The highest BCUT2D eigenvalue weighted by Gasteiger charge is 2.07. The number of hydrogen-bond acceptors (Lipinski definition) is 5. The zero-order valence-corrected chi connectivity index (χ0v) is 13.1. The van der Waals surface area contributed by atoms with Crippen LogP contribution in [0.1, 0.15) is 12.0 Å². The van der Waals surface area contributed by atoms with Crippen LogP contribution in [0.15, 0.2) is 24.3 Å². The molecule has 0 bridgehead atoms. The third-order valence-electron chi connectivity index (χ3n) is 2.92. The Morgan fingerprint density at radius 3 is 2.67 bits per heavy atom. The summed E-state index contributed by atoms with van der Waals surface area (Å²) in [5, 5.41) is 22.9. The molecule has 3 N–H and O–H groups in total. The van der Waals surface area contributed by atoms with Gasteiger partial charge in [-0.1, -0.05) is 29.8 Å². The molecule has 6 heteroatoms. The van der Waals surface area contributed by atoms with Crippen LogP contribution in [0.4, 0.5) is 0 Å². The van der Waals surface area contributed by atoms with Gasteiger partial charge in [-0.25, -0.2) is 0 Å². The maximum Gasteiger partial charge on any atom is 0.0897 e. The SMILES string of the molecule is COCC(O)CCNCC(O)COCc1ccccc1Cl. The van der Waals surface area contributed by atoms with Gasteiger partial charge in [-0.15, -0.1) is 0 Å². The van der Waals surface area contributed by atoms with Crippen molar-refractivity contribution < 1.29 is 19.7 Å². The molecule has 21 heavy (non-hydrogen) atoms. The van der Waals surface area contributed by atoms with Crippen LogP contribution >= 0.6 is 11.6 Å². The van der Waals surface area contributed by atoms with Crippen LogP contribution < -0.4 is 5.32 Å². The largest absolute Gasteiger partial charge is 0.391 e. The molecule has 1 aromatic carbocycles. The number of nitrogens with one attached hydrogen (secondary N) is 1. The maximum absolute atomic E-state index is 9.76. The number of benzene rings is 1. The summed E-state index contributed by atoms with van der Waals surface area (Å²) in [4.78, 5) is 0. The van der Waals surface area contributed by atoms with Gasteiger partial charge >= 0.3 is 0 Å². The van der Waals surface area contributed by atoms with Crippen molar-refractivity contribution in [3.8, 4) is 0 Å². The molecule has 0 aliphatic carbocycles. The van der Waals surface area contributed by atoms with Crippen LogP contribution in [-0.4, -0.2) is 55.8 Å². The molecule has 120 valence electrons. The molecule has 2 atom stereocenters. The Balaban J connectivity index is 2.06. The van der Waals surface area contributed by atoms with E-state index in [1.807, 2.05) is 24.3 Å². The number of aliphatic hydroxyl groups excluding tert-OH is 2. The molecule has 0 radical (unpaired) electrons. The number of halogens is 1. The number of methoxy groups -OCH3 is 1. The van der Waals surface area contributed by atoms with Gasteiger partial charge in [-0.3, -0.25) is 0 Å². The predicted molar refractivity (Wildman–Crippen MR) is 82.5 cm³/mol. The number of hydrogen-bond donors (Lipinski definition) is 3. The standard InChI is InChI=1S/C15H24ClNO4/c1-20-10-13(18)6-7-17-8-14(19)11-21-9-12-4-2-3-5-15(12)16/h2-5,13-14,17-19H,6-11H2,1H3. The minimum atomic E-state index is -0.591. The normalized spacial score (nSPS) is 14.1. The maximum atomic E-state index is 9.76. The summed E-state index contributed by atoms with van der Waals surface area (Å²) in [7, 11) is 1.55. The first-order valence-corrected chi connectivity index (χ1v) is 7.38. The lowest BCUT2D eigenvalue weighted by molar-refractivity contribution is 0.0273. The van der Waals surface area contributed by atoms with Crippen LogP contribution in [0.3, 0.4) is 0 Å². The Labute approximate surface area is 130 Å². The minimum Gasteiger partial charge on any atom is -0.391 e. The van der Waals surface area contributed by atoms with Crippen LogP contribution in [-0.2, 0) is 16.1 Å². The third-order valence-corrected chi connectivity index (χ3v) is 3.29. The minimum absolute atomic E-state index is 0.235. The van der Waals surface area contributed by atoms with Crippen molar-refractivity contribution in [2.75, 3.05) is 33.4 Å². The first kappa shape index (κ1) is 18.4. The lowest BCUT2D eigenvalue weighted by Gasteiger charge is -2.14. The van der Waals surface area contributed by atoms with E-state index >= 15 is 0 Å². The molecular weight excluding hydrogens is 294 g/mol. The Bertz CT molecular complexity index is 392. The second kappa shape index (κ2) is 11.0. The highest BCUT2D eigenvalue weighted by molar-refractivity contribution is 6.31. The highest BCUT2D eigenvalue weighted by atomic mass is 35.5. The second-order valence-corrected chi connectivity index (χ2v) is 5.27. The van der Waals surface area contributed by atoms with E-state index in [4.69, 9.17) is 21.1 Å². The molecule has 2 unspecified atom stereocenters. The van der Waals surface area contributed by atoms with Crippen LogP contribution in [0.2, 0.25) is 5.02 Å². The molecule has 1 aromatic rings. The summed E-state index contributed by atoms with van der Waals surface area (Å²) in [5.74, 6) is 0. The highest BCUT2D eigenvalue weighted by Crippen LogP contribution is 2.15. The van der Waals surface area contributed by atoms with E-state index in [1.54, 1.807) is 7.11 Å². The summed E-state index contributed by atoms with van der Waals surface area (Å²) < 4.78 is 10.3. The zero-order valence-electron chi connectivity index (χ0n) is 12.3. The van der Waals surface area contributed by atoms with E-state index in [0.717, 1.165) is 5.56 Å². The fourth-order valence-electron chi connectivity index (χ4n) is 1.79. The number of aliphatic hydroxyl groups is 2. The Kier molecular flexibility index (Phi) is 9.58. The van der Waals surface area contributed by atoms with Crippen molar-refractivity contribution in [2.24, 2.45) is 0 Å². The van der Waals surface area contributed by atoms with E-state index in [2.05, 4.69) is 5.32 Å². The molecular formula is C15H24ClNO4. The average molecular weight is 318 g/mol. The molecule has 0 heterocycles. The van der Waals surface area contributed by atoms with E-state index in [1.165, 1.54) is 0 Å². The van der Waals surface area contributed by atoms with Crippen LogP contribution in [0.5, 0.6) is 0 Å². The van der Waals surface area contributed by atoms with Gasteiger partial charge in [0, 0.05) is 18.7 Å². The molecule has 1 rings (SSSR count). The molecule has 5 nitrogen and oxygen atoms in total. The molecule has 0 saturated carbocycles. The van der Waals surface area contributed by atoms with Gasteiger partial charge in [0.1, 0.15) is 0 Å². The fraction of sp³-hybridized carbons (Fsp3) is 0.600. The summed E-state index contributed by atoms with van der Waals surface area (Å²) in [5.41, 5.74) is 0.905. The lowest BCUT2D eigenvalue weighted by atomic mass is 10.2. The van der Waals surface area contributed by atoms with Crippen LogP contribution in [0, 0.1) is 0 Å². The Hall–Kier alpha value is -0.690. The van der Waals surface area contributed by atoms with Crippen molar-refractivity contribution >= 4 is 11.6 Å². The van der Waals surface area contributed by atoms with Gasteiger partial charge in [-0.05, 0) is 24.6 Å². The van der Waals surface area contributed by atoms with Crippen molar-refractivity contribution in [3.63, 3.8) is 0 Å². The van der Waals surface area contributed by atoms with Gasteiger partial charge in [0.2, 0.25) is 0 Å². The summed E-state index contributed by atoms with van der Waals surface area (Å²) in [6, 6.07) is 7.46. The predicted octanol–water partition coefficient (Wildman–Crippen LogP) is 1.20. The quantitative estimate of drug-likeness (QED) is 0.535. The third kappa shape index (κ3) is 8.36. The summed E-state index contributed by atoms with van der Waals surface area (Å²) >= 11 is 6.01. The van der Waals surface area contributed by atoms with Gasteiger partial charge in [0.05, 0.1) is 32.0 Å². The smallest absolute Gasteiger partial charge is 0.0897 e. The van der Waals surface area contributed by atoms with Crippen LogP contribution in [0.25, 0.3) is 0 Å². The molecule has 0 amide bonds. The van der Waals surface area contributed by atoms with E-state index < -0.39 is 12.2 Å². The van der Waals surface area contributed by atoms with Crippen molar-refractivity contribution in [1.82, 2.24) is 5.32 Å². The van der Waals surface area contributed by atoms with Crippen molar-refractivity contribution in [2.45, 2.75) is 25.2 Å². The van der Waals surface area contributed by atoms with Gasteiger partial charge < -0.3 is 25.0 Å². The molecule has 0 fully saturated rings. The molecule has 0 aliphatic rings. The number of rotatable bonds is 11. The van der Waals surface area contributed by atoms with Crippen molar-refractivity contribution in [3.05, 3.63) is 34.9 Å². The Morgan fingerprint density at radius 1 is 1.19 bits per heavy atom. The average Bonchev–Trinajstić information content (AvgIpc) is 2.46. The summed E-state index contributed by atoms with van der Waals surface area (Å²) in [6.45, 7) is 1.97. The molecule has 0 aromatic heterocycles. The van der Waals surface area contributed by atoms with E-state index in [-0.39, 0.29) is 6.61 Å². The topological polar surface area (TPSA) is 71.0 Å². The molecule has 0 spiro atoms. The first-order chi connectivity index (χ1) is 10.1. The summed E-state index contributed by atoms with van der Waals surface area (Å²) in [6.07, 6.45) is -0.482. The molecule has 0 aliphatic heterocycles. The van der Waals surface area contributed by atoms with Gasteiger partial charge in [0.15, 0.2) is 0 Å². The molecule has 0 saturated heterocycles. The van der Waals surface area contributed by atoms with E-state index in [9.17, 15) is 10.2 Å². The first-order valence-electron chi connectivity index (χ1n) is 7.00. The lowest BCUT2D eigenvalue weighted by Crippen LogP contribution is -2.32. The fourth-order valence-corrected chi connectivity index (χ4v) is 1.98. The number of ether oxygens (including phenoxy) is 2. The van der Waals surface area contributed by atoms with E-state index in [0.29, 0.717) is 37.7 Å². The van der Waals surface area contributed by atoms with Gasteiger partial charge in [-0.2, -0.15) is 0 Å². The second-order valence-electron chi connectivity index (χ2n) is 4.86. The van der Waals surface area contributed by atoms with Crippen molar-refractivity contribution in [1.29, 1.82) is 0 Å². The zero-order chi connectivity index (χ0) is 15.5. The monoisotopic (exact) mass is 317 g/mol. The Morgan fingerprint density at radius 2 is 1.95 bits per heavy atom.